The molecule has 0 amide bonds. The first-order valence-corrected chi connectivity index (χ1v) is 13.1. The van der Waals surface area contributed by atoms with Gasteiger partial charge in [0.15, 0.2) is 5.82 Å². The third-order valence-electron chi connectivity index (χ3n) is 6.13. The number of sulfonamides is 1. The molecule has 0 radical (unpaired) electrons. The summed E-state index contributed by atoms with van der Waals surface area (Å²) in [5, 5.41) is 1.06. The number of hydrogen-bond donors (Lipinski definition) is 0. The van der Waals surface area contributed by atoms with Crippen molar-refractivity contribution in [2.45, 2.75) is 25.7 Å². The van der Waals surface area contributed by atoms with Crippen molar-refractivity contribution >= 4 is 37.4 Å². The Kier molecular flexibility index (Phi) is 5.64. The van der Waals surface area contributed by atoms with Gasteiger partial charge >= 0.3 is 0 Å². The van der Waals surface area contributed by atoms with Crippen LogP contribution in [0.1, 0.15) is 16.0 Å². The highest BCUT2D eigenvalue weighted by atomic mass is 32.2. The number of fused-ring (bicyclic) bond motifs is 1. The van der Waals surface area contributed by atoms with Crippen LogP contribution in [-0.4, -0.2) is 53.9 Å². The number of hydrogen-bond acceptors (Lipinski definition) is 7. The van der Waals surface area contributed by atoms with Crippen LogP contribution in [-0.2, 0) is 10.0 Å². The van der Waals surface area contributed by atoms with Crippen molar-refractivity contribution in [3.05, 3.63) is 64.8 Å². The smallest absolute Gasteiger partial charge is 0.243 e. The summed E-state index contributed by atoms with van der Waals surface area (Å²) in [6.45, 7) is 8.10. The van der Waals surface area contributed by atoms with E-state index in [0.29, 0.717) is 36.9 Å². The largest absolute Gasteiger partial charge is 0.353 e. The molecule has 33 heavy (non-hydrogen) atoms. The molecule has 1 aromatic carbocycles. The Labute approximate surface area is 197 Å². The van der Waals surface area contributed by atoms with E-state index in [1.165, 1.54) is 10.4 Å². The van der Waals surface area contributed by atoms with Gasteiger partial charge < -0.3 is 4.90 Å². The van der Waals surface area contributed by atoms with Crippen molar-refractivity contribution in [3.63, 3.8) is 0 Å². The molecule has 1 aliphatic heterocycles. The van der Waals surface area contributed by atoms with Crippen molar-refractivity contribution in [3.8, 4) is 11.4 Å². The molecule has 0 bridgehead atoms. The number of thiophene rings is 1. The third kappa shape index (κ3) is 4.01. The van der Waals surface area contributed by atoms with E-state index >= 15 is 0 Å². The van der Waals surface area contributed by atoms with Crippen LogP contribution in [0.3, 0.4) is 0 Å². The minimum Gasteiger partial charge on any atom is -0.353 e. The number of piperazine rings is 1. The van der Waals surface area contributed by atoms with Crippen LogP contribution >= 0.6 is 11.3 Å². The number of benzene rings is 1. The Hall–Kier alpha value is -2.88. The molecule has 4 heterocycles. The molecule has 0 spiro atoms. The first-order chi connectivity index (χ1) is 15.8. The molecule has 0 atom stereocenters. The van der Waals surface area contributed by atoms with Crippen LogP contribution in [0.15, 0.2) is 53.7 Å². The summed E-state index contributed by atoms with van der Waals surface area (Å²) in [5.41, 5.74) is 3.08. The molecule has 1 aliphatic rings. The third-order valence-corrected chi connectivity index (χ3v) is 9.14. The Balaban J connectivity index is 1.47. The fourth-order valence-electron chi connectivity index (χ4n) is 4.08. The standard InChI is InChI=1S/C24H25N5O2S2/c1-16-6-8-20(9-7-16)33(30,31)29-13-11-28(12-14-29)23-21-17(2)18(3)32-24(21)27-22(26-23)19-5-4-10-25-15-19/h4-10,15H,11-14H2,1-3H3. The summed E-state index contributed by atoms with van der Waals surface area (Å²) in [4.78, 5) is 18.7. The van der Waals surface area contributed by atoms with Gasteiger partial charge in [-0.15, -0.1) is 11.3 Å². The zero-order chi connectivity index (χ0) is 23.2. The molecule has 0 unspecified atom stereocenters. The number of pyridine rings is 1. The molecule has 1 fully saturated rings. The van der Waals surface area contributed by atoms with Gasteiger partial charge in [0.25, 0.3) is 0 Å². The van der Waals surface area contributed by atoms with E-state index in [-0.39, 0.29) is 0 Å². The van der Waals surface area contributed by atoms with E-state index in [1.807, 2.05) is 31.2 Å². The molecule has 7 nitrogen and oxygen atoms in total. The zero-order valence-electron chi connectivity index (χ0n) is 18.8. The van der Waals surface area contributed by atoms with Gasteiger partial charge in [-0.1, -0.05) is 17.7 Å². The van der Waals surface area contributed by atoms with E-state index in [1.54, 1.807) is 40.2 Å². The molecule has 0 saturated carbocycles. The first kappa shape index (κ1) is 21.9. The Morgan fingerprint density at radius 2 is 1.67 bits per heavy atom. The number of rotatable bonds is 4. The second-order valence-corrected chi connectivity index (χ2v) is 11.4. The first-order valence-electron chi connectivity index (χ1n) is 10.8. The summed E-state index contributed by atoms with van der Waals surface area (Å²) in [6, 6.07) is 10.9. The van der Waals surface area contributed by atoms with E-state index < -0.39 is 10.0 Å². The lowest BCUT2D eigenvalue weighted by atomic mass is 10.2. The summed E-state index contributed by atoms with van der Waals surface area (Å²) >= 11 is 1.66. The normalized spacial score (nSPS) is 15.3. The highest BCUT2D eigenvalue weighted by Crippen LogP contribution is 2.37. The second-order valence-electron chi connectivity index (χ2n) is 8.28. The van der Waals surface area contributed by atoms with E-state index in [2.05, 4.69) is 23.7 Å². The van der Waals surface area contributed by atoms with E-state index in [0.717, 1.165) is 27.2 Å². The molecule has 0 aliphatic carbocycles. The van der Waals surface area contributed by atoms with Gasteiger partial charge in [0.2, 0.25) is 10.0 Å². The lowest BCUT2D eigenvalue weighted by Gasteiger charge is -2.35. The van der Waals surface area contributed by atoms with Crippen LogP contribution in [0, 0.1) is 20.8 Å². The number of aryl methyl sites for hydroxylation is 3. The van der Waals surface area contributed by atoms with Crippen molar-refractivity contribution in [1.29, 1.82) is 0 Å². The van der Waals surface area contributed by atoms with Crippen molar-refractivity contribution < 1.29 is 8.42 Å². The summed E-state index contributed by atoms with van der Waals surface area (Å²) in [5.74, 6) is 1.51. The zero-order valence-corrected chi connectivity index (χ0v) is 20.4. The summed E-state index contributed by atoms with van der Waals surface area (Å²) in [6.07, 6.45) is 3.50. The highest BCUT2D eigenvalue weighted by Gasteiger charge is 2.30. The van der Waals surface area contributed by atoms with Gasteiger partial charge in [-0.3, -0.25) is 4.98 Å². The second kappa shape index (κ2) is 8.48. The lowest BCUT2D eigenvalue weighted by molar-refractivity contribution is 0.384. The predicted octanol–water partition coefficient (Wildman–Crippen LogP) is 4.19. The van der Waals surface area contributed by atoms with Crippen LogP contribution in [0.25, 0.3) is 21.6 Å². The number of aromatic nitrogens is 3. The van der Waals surface area contributed by atoms with Gasteiger partial charge in [-0.25, -0.2) is 18.4 Å². The number of nitrogens with zero attached hydrogens (tertiary/aromatic N) is 5. The molecule has 1 saturated heterocycles. The van der Waals surface area contributed by atoms with E-state index in [9.17, 15) is 8.42 Å². The molecule has 170 valence electrons. The minimum atomic E-state index is -3.51. The molecular weight excluding hydrogens is 454 g/mol. The maximum atomic E-state index is 13.1. The summed E-state index contributed by atoms with van der Waals surface area (Å²) < 4.78 is 27.8. The Bertz CT molecular complexity index is 1410. The van der Waals surface area contributed by atoms with Crippen molar-refractivity contribution in [2.75, 3.05) is 31.1 Å². The van der Waals surface area contributed by atoms with Gasteiger partial charge in [0, 0.05) is 49.0 Å². The predicted molar refractivity (Wildman–Crippen MR) is 132 cm³/mol. The molecule has 4 aromatic rings. The van der Waals surface area contributed by atoms with Gasteiger partial charge in [-0.05, 0) is 50.6 Å². The monoisotopic (exact) mass is 479 g/mol. The van der Waals surface area contributed by atoms with Gasteiger partial charge in [0.1, 0.15) is 10.6 Å². The SMILES string of the molecule is Cc1ccc(S(=O)(=O)N2CCN(c3nc(-c4cccnc4)nc4sc(C)c(C)c34)CC2)cc1. The Morgan fingerprint density at radius 3 is 2.33 bits per heavy atom. The maximum Gasteiger partial charge on any atom is 0.243 e. The lowest BCUT2D eigenvalue weighted by Crippen LogP contribution is -2.49. The van der Waals surface area contributed by atoms with Crippen LogP contribution in [0.4, 0.5) is 5.82 Å². The van der Waals surface area contributed by atoms with Gasteiger partial charge in [-0.2, -0.15) is 4.31 Å². The quantitative estimate of drug-likeness (QED) is 0.437. The number of anilines is 1. The van der Waals surface area contributed by atoms with Crippen LogP contribution in [0.2, 0.25) is 0 Å². The van der Waals surface area contributed by atoms with Crippen LogP contribution in [0.5, 0.6) is 0 Å². The van der Waals surface area contributed by atoms with Gasteiger partial charge in [0.05, 0.1) is 10.3 Å². The minimum absolute atomic E-state index is 0.342. The average molecular weight is 480 g/mol. The Morgan fingerprint density at radius 1 is 0.939 bits per heavy atom. The molecule has 0 N–H and O–H groups in total. The molecule has 3 aromatic heterocycles. The van der Waals surface area contributed by atoms with Crippen molar-refractivity contribution in [1.82, 2.24) is 19.3 Å². The molecule has 9 heteroatoms. The fraction of sp³-hybridized carbons (Fsp3) is 0.292. The fourth-order valence-corrected chi connectivity index (χ4v) is 6.53. The van der Waals surface area contributed by atoms with Crippen LogP contribution < -0.4 is 4.90 Å². The molecule has 5 rings (SSSR count). The summed E-state index contributed by atoms with van der Waals surface area (Å²) in [7, 11) is -3.51. The maximum absolute atomic E-state index is 13.1. The highest BCUT2D eigenvalue weighted by molar-refractivity contribution is 7.89. The topological polar surface area (TPSA) is 79.3 Å². The van der Waals surface area contributed by atoms with Crippen molar-refractivity contribution in [2.24, 2.45) is 0 Å². The molecular formula is C24H25N5O2S2. The average Bonchev–Trinajstić information content (AvgIpc) is 3.12. The van der Waals surface area contributed by atoms with E-state index in [4.69, 9.17) is 9.97 Å².